The average Bonchev–Trinajstić information content (AvgIpc) is 2.17. The number of hydrogen-bond acceptors (Lipinski definition) is 3. The number of nitrogens with zero attached hydrogens (tertiary/aromatic N) is 1. The first kappa shape index (κ1) is 10.4. The fourth-order valence-electron chi connectivity index (χ4n) is 2.21. The summed E-state index contributed by atoms with van der Waals surface area (Å²) in [5, 5.41) is 3.50. The molecule has 1 aromatic heterocycles. The van der Waals surface area contributed by atoms with Crippen molar-refractivity contribution in [3.63, 3.8) is 0 Å². The number of ether oxygens (including phenoxy) is 1. The van der Waals surface area contributed by atoms with Crippen molar-refractivity contribution in [1.82, 2.24) is 4.98 Å². The number of aromatic nitrogens is 1. The molecule has 0 amide bonds. The van der Waals surface area contributed by atoms with E-state index in [-0.39, 0.29) is 0 Å². The van der Waals surface area contributed by atoms with Crippen LogP contribution in [0.25, 0.3) is 0 Å². The van der Waals surface area contributed by atoms with Gasteiger partial charge in [-0.15, -0.1) is 0 Å². The highest BCUT2D eigenvalue weighted by Crippen LogP contribution is 2.22. The Labute approximate surface area is 90.9 Å². The standard InChI is InChI=1S/C12H18N2O/c1-9-6-12(7-10(2)15-9)14-11-4-3-5-13-8-11/h3-5,8-10,12,14H,6-7H2,1-2H3/t9-,10-/m0/s1. The van der Waals surface area contributed by atoms with Crippen molar-refractivity contribution < 1.29 is 4.74 Å². The Hall–Kier alpha value is -1.09. The summed E-state index contributed by atoms with van der Waals surface area (Å²) < 4.78 is 5.70. The van der Waals surface area contributed by atoms with Gasteiger partial charge in [-0.2, -0.15) is 0 Å². The van der Waals surface area contributed by atoms with Crippen molar-refractivity contribution in [3.05, 3.63) is 24.5 Å². The third-order valence-electron chi connectivity index (χ3n) is 2.73. The van der Waals surface area contributed by atoms with Crippen LogP contribution in [0.2, 0.25) is 0 Å². The highest BCUT2D eigenvalue weighted by molar-refractivity contribution is 5.40. The van der Waals surface area contributed by atoms with Crippen LogP contribution in [-0.2, 0) is 4.74 Å². The van der Waals surface area contributed by atoms with Gasteiger partial charge in [0.15, 0.2) is 0 Å². The van der Waals surface area contributed by atoms with Crippen LogP contribution in [0, 0.1) is 0 Å². The Bertz CT molecular complexity index is 292. The molecule has 0 radical (unpaired) electrons. The van der Waals surface area contributed by atoms with Crippen LogP contribution in [0.15, 0.2) is 24.5 Å². The van der Waals surface area contributed by atoms with E-state index in [2.05, 4.69) is 30.2 Å². The number of pyridine rings is 1. The summed E-state index contributed by atoms with van der Waals surface area (Å²) in [5.41, 5.74) is 1.10. The second-order valence-electron chi connectivity index (χ2n) is 4.31. The molecule has 82 valence electrons. The number of hydrogen-bond donors (Lipinski definition) is 1. The molecular formula is C12H18N2O. The van der Waals surface area contributed by atoms with Gasteiger partial charge in [0.05, 0.1) is 17.9 Å². The predicted molar refractivity (Wildman–Crippen MR) is 60.9 cm³/mol. The minimum absolute atomic E-state index is 0.350. The van der Waals surface area contributed by atoms with Gasteiger partial charge in [0, 0.05) is 18.4 Å². The molecule has 2 atom stereocenters. The third-order valence-corrected chi connectivity index (χ3v) is 2.73. The van der Waals surface area contributed by atoms with E-state index in [1.807, 2.05) is 12.3 Å². The van der Waals surface area contributed by atoms with E-state index in [1.165, 1.54) is 0 Å². The molecule has 1 N–H and O–H groups in total. The molecule has 3 nitrogen and oxygen atoms in total. The minimum Gasteiger partial charge on any atom is -0.381 e. The van der Waals surface area contributed by atoms with Gasteiger partial charge in [0.2, 0.25) is 0 Å². The SMILES string of the molecule is C[C@H]1CC(Nc2cccnc2)C[C@H](C)O1. The van der Waals surface area contributed by atoms with E-state index in [4.69, 9.17) is 4.74 Å². The number of nitrogens with one attached hydrogen (secondary N) is 1. The lowest BCUT2D eigenvalue weighted by Gasteiger charge is -2.33. The van der Waals surface area contributed by atoms with Gasteiger partial charge >= 0.3 is 0 Å². The lowest BCUT2D eigenvalue weighted by Crippen LogP contribution is -2.36. The Morgan fingerprint density at radius 3 is 2.67 bits per heavy atom. The molecule has 1 aromatic rings. The summed E-state index contributed by atoms with van der Waals surface area (Å²) in [4.78, 5) is 4.09. The molecule has 0 bridgehead atoms. The van der Waals surface area contributed by atoms with Crippen LogP contribution in [0.5, 0.6) is 0 Å². The lowest BCUT2D eigenvalue weighted by molar-refractivity contribution is -0.0337. The van der Waals surface area contributed by atoms with Gasteiger partial charge in [0.1, 0.15) is 0 Å². The molecule has 15 heavy (non-hydrogen) atoms. The molecular weight excluding hydrogens is 188 g/mol. The summed E-state index contributed by atoms with van der Waals surface area (Å²) in [6.45, 7) is 4.27. The predicted octanol–water partition coefficient (Wildman–Crippen LogP) is 2.45. The Morgan fingerprint density at radius 2 is 2.07 bits per heavy atom. The molecule has 2 heterocycles. The minimum atomic E-state index is 0.350. The molecule has 0 unspecified atom stereocenters. The maximum Gasteiger partial charge on any atom is 0.0570 e. The first-order valence-corrected chi connectivity index (χ1v) is 5.56. The van der Waals surface area contributed by atoms with E-state index < -0.39 is 0 Å². The normalized spacial score (nSPS) is 31.2. The largest absolute Gasteiger partial charge is 0.381 e. The Balaban J connectivity index is 1.94. The van der Waals surface area contributed by atoms with E-state index in [0.717, 1.165) is 18.5 Å². The van der Waals surface area contributed by atoms with Crippen molar-refractivity contribution in [2.24, 2.45) is 0 Å². The third kappa shape index (κ3) is 2.93. The zero-order valence-corrected chi connectivity index (χ0v) is 9.31. The fraction of sp³-hybridized carbons (Fsp3) is 0.583. The molecule has 0 saturated carbocycles. The van der Waals surface area contributed by atoms with Gasteiger partial charge < -0.3 is 10.1 Å². The monoisotopic (exact) mass is 206 g/mol. The molecule has 1 saturated heterocycles. The van der Waals surface area contributed by atoms with Crippen molar-refractivity contribution >= 4 is 5.69 Å². The summed E-state index contributed by atoms with van der Waals surface area (Å²) >= 11 is 0. The summed E-state index contributed by atoms with van der Waals surface area (Å²) in [5.74, 6) is 0. The molecule has 0 spiro atoms. The van der Waals surface area contributed by atoms with Crippen LogP contribution >= 0.6 is 0 Å². The van der Waals surface area contributed by atoms with Crippen molar-refractivity contribution in [2.45, 2.75) is 44.9 Å². The van der Waals surface area contributed by atoms with E-state index in [1.54, 1.807) is 6.20 Å². The van der Waals surface area contributed by atoms with E-state index >= 15 is 0 Å². The van der Waals surface area contributed by atoms with Crippen LogP contribution in [0.1, 0.15) is 26.7 Å². The van der Waals surface area contributed by atoms with Crippen molar-refractivity contribution in [1.29, 1.82) is 0 Å². The number of rotatable bonds is 2. The molecule has 0 aliphatic carbocycles. The highest BCUT2D eigenvalue weighted by atomic mass is 16.5. The van der Waals surface area contributed by atoms with Crippen molar-refractivity contribution in [3.8, 4) is 0 Å². The summed E-state index contributed by atoms with van der Waals surface area (Å²) in [7, 11) is 0. The topological polar surface area (TPSA) is 34.2 Å². The zero-order valence-electron chi connectivity index (χ0n) is 9.31. The van der Waals surface area contributed by atoms with Crippen LogP contribution in [-0.4, -0.2) is 23.2 Å². The molecule has 0 aromatic carbocycles. The Kier molecular flexibility index (Phi) is 3.21. The van der Waals surface area contributed by atoms with Gasteiger partial charge in [-0.05, 0) is 38.8 Å². The fourth-order valence-corrected chi connectivity index (χ4v) is 2.21. The lowest BCUT2D eigenvalue weighted by atomic mass is 10.00. The van der Waals surface area contributed by atoms with Gasteiger partial charge in [-0.25, -0.2) is 0 Å². The second-order valence-corrected chi connectivity index (χ2v) is 4.31. The van der Waals surface area contributed by atoms with E-state index in [0.29, 0.717) is 18.2 Å². The average molecular weight is 206 g/mol. The maximum absolute atomic E-state index is 5.70. The first-order chi connectivity index (χ1) is 7.24. The van der Waals surface area contributed by atoms with Crippen LogP contribution in [0.3, 0.4) is 0 Å². The Morgan fingerprint density at radius 1 is 1.33 bits per heavy atom. The molecule has 2 rings (SSSR count). The van der Waals surface area contributed by atoms with Crippen LogP contribution in [0.4, 0.5) is 5.69 Å². The van der Waals surface area contributed by atoms with E-state index in [9.17, 15) is 0 Å². The maximum atomic E-state index is 5.70. The zero-order chi connectivity index (χ0) is 10.7. The summed E-state index contributed by atoms with van der Waals surface area (Å²) in [6, 6.07) is 4.51. The first-order valence-electron chi connectivity index (χ1n) is 5.56. The second kappa shape index (κ2) is 4.62. The molecule has 1 aliphatic rings. The molecule has 3 heteroatoms. The quantitative estimate of drug-likeness (QED) is 0.807. The molecule has 1 fully saturated rings. The molecule has 1 aliphatic heterocycles. The summed E-state index contributed by atoms with van der Waals surface area (Å²) in [6.07, 6.45) is 6.50. The van der Waals surface area contributed by atoms with Gasteiger partial charge in [-0.3, -0.25) is 4.98 Å². The highest BCUT2D eigenvalue weighted by Gasteiger charge is 2.23. The number of anilines is 1. The van der Waals surface area contributed by atoms with Crippen molar-refractivity contribution in [2.75, 3.05) is 5.32 Å². The van der Waals surface area contributed by atoms with Crippen LogP contribution < -0.4 is 5.32 Å². The van der Waals surface area contributed by atoms with Gasteiger partial charge in [-0.1, -0.05) is 0 Å². The smallest absolute Gasteiger partial charge is 0.0570 e. The van der Waals surface area contributed by atoms with Gasteiger partial charge in [0.25, 0.3) is 0 Å².